The zero-order valence-corrected chi connectivity index (χ0v) is 13.0. The Morgan fingerprint density at radius 2 is 1.90 bits per heavy atom. The molecule has 0 spiro atoms. The molecule has 0 heterocycles. The van der Waals surface area contributed by atoms with Crippen molar-refractivity contribution in [3.8, 4) is 5.75 Å². The predicted octanol–water partition coefficient (Wildman–Crippen LogP) is 4.92. The standard InChI is InChI=1S/C17H19ClFNO/c1-12(20-16-5-3-4-15(18)17(16)19)6-7-13-8-10-14(21-2)11-9-13/h3-5,8-12,20H,6-7H2,1-2H3. The summed E-state index contributed by atoms with van der Waals surface area (Å²) in [6.07, 6.45) is 1.82. The Morgan fingerprint density at radius 1 is 1.19 bits per heavy atom. The summed E-state index contributed by atoms with van der Waals surface area (Å²) in [5.74, 6) is 0.460. The van der Waals surface area contributed by atoms with Crippen molar-refractivity contribution in [1.82, 2.24) is 0 Å². The second kappa shape index (κ2) is 7.32. The van der Waals surface area contributed by atoms with Crippen LogP contribution in [0.4, 0.5) is 10.1 Å². The van der Waals surface area contributed by atoms with Gasteiger partial charge in [0.25, 0.3) is 0 Å². The van der Waals surface area contributed by atoms with Gasteiger partial charge in [-0.3, -0.25) is 0 Å². The molecule has 0 aliphatic carbocycles. The third-order valence-corrected chi connectivity index (χ3v) is 3.67. The zero-order valence-electron chi connectivity index (χ0n) is 12.2. The molecular formula is C17H19ClFNO. The predicted molar refractivity (Wildman–Crippen MR) is 85.8 cm³/mol. The van der Waals surface area contributed by atoms with E-state index in [0.29, 0.717) is 5.69 Å². The minimum Gasteiger partial charge on any atom is -0.497 e. The lowest BCUT2D eigenvalue weighted by Gasteiger charge is -2.16. The highest BCUT2D eigenvalue weighted by atomic mass is 35.5. The highest BCUT2D eigenvalue weighted by Gasteiger charge is 2.09. The summed E-state index contributed by atoms with van der Waals surface area (Å²) in [5.41, 5.74) is 1.68. The van der Waals surface area contributed by atoms with E-state index in [1.807, 2.05) is 31.2 Å². The number of rotatable bonds is 6. The highest BCUT2D eigenvalue weighted by molar-refractivity contribution is 6.31. The van der Waals surface area contributed by atoms with E-state index in [-0.39, 0.29) is 11.1 Å². The van der Waals surface area contributed by atoms with Crippen molar-refractivity contribution in [1.29, 1.82) is 0 Å². The topological polar surface area (TPSA) is 21.3 Å². The number of benzene rings is 2. The van der Waals surface area contributed by atoms with Crippen LogP contribution in [0.3, 0.4) is 0 Å². The van der Waals surface area contributed by atoms with Crippen LogP contribution in [-0.2, 0) is 6.42 Å². The molecule has 1 unspecified atom stereocenters. The molecular weight excluding hydrogens is 289 g/mol. The number of nitrogens with one attached hydrogen (secondary N) is 1. The fourth-order valence-corrected chi connectivity index (χ4v) is 2.30. The smallest absolute Gasteiger partial charge is 0.164 e. The summed E-state index contributed by atoms with van der Waals surface area (Å²) in [7, 11) is 1.65. The van der Waals surface area contributed by atoms with E-state index >= 15 is 0 Å². The lowest BCUT2D eigenvalue weighted by atomic mass is 10.1. The second-order valence-corrected chi connectivity index (χ2v) is 5.44. The van der Waals surface area contributed by atoms with Crippen molar-refractivity contribution in [3.05, 3.63) is 58.9 Å². The maximum Gasteiger partial charge on any atom is 0.164 e. The maximum atomic E-state index is 13.8. The lowest BCUT2D eigenvalue weighted by Crippen LogP contribution is -2.17. The van der Waals surface area contributed by atoms with Gasteiger partial charge in [0.2, 0.25) is 0 Å². The van der Waals surface area contributed by atoms with E-state index in [2.05, 4.69) is 5.32 Å². The molecule has 0 amide bonds. The molecule has 0 aliphatic heterocycles. The van der Waals surface area contributed by atoms with Crippen molar-refractivity contribution >= 4 is 17.3 Å². The molecule has 0 fully saturated rings. The van der Waals surface area contributed by atoms with E-state index in [9.17, 15) is 4.39 Å². The van der Waals surface area contributed by atoms with Gasteiger partial charge in [0.05, 0.1) is 17.8 Å². The fourth-order valence-electron chi connectivity index (χ4n) is 2.13. The van der Waals surface area contributed by atoms with Crippen LogP contribution in [0.25, 0.3) is 0 Å². The Labute approximate surface area is 129 Å². The minimum atomic E-state index is -0.393. The average Bonchev–Trinajstić information content (AvgIpc) is 2.50. The van der Waals surface area contributed by atoms with E-state index in [1.165, 1.54) is 5.56 Å². The van der Waals surface area contributed by atoms with Crippen molar-refractivity contribution in [2.24, 2.45) is 0 Å². The Balaban J connectivity index is 1.89. The van der Waals surface area contributed by atoms with Gasteiger partial charge in [0.1, 0.15) is 5.75 Å². The Bertz CT molecular complexity index is 586. The molecule has 4 heteroatoms. The van der Waals surface area contributed by atoms with Gasteiger partial charge in [-0.1, -0.05) is 29.8 Å². The largest absolute Gasteiger partial charge is 0.497 e. The summed E-state index contributed by atoms with van der Waals surface area (Å²) in [5, 5.41) is 3.30. The lowest BCUT2D eigenvalue weighted by molar-refractivity contribution is 0.414. The molecule has 0 aromatic heterocycles. The summed E-state index contributed by atoms with van der Waals surface area (Å²) in [6.45, 7) is 2.03. The van der Waals surface area contributed by atoms with Crippen molar-refractivity contribution in [2.75, 3.05) is 12.4 Å². The first-order valence-electron chi connectivity index (χ1n) is 6.93. The molecule has 112 valence electrons. The molecule has 2 aromatic rings. The first kappa shape index (κ1) is 15.6. The molecule has 0 aliphatic rings. The average molecular weight is 308 g/mol. The third-order valence-electron chi connectivity index (χ3n) is 3.38. The molecule has 2 aromatic carbocycles. The Kier molecular flexibility index (Phi) is 5.45. The Hall–Kier alpha value is -1.74. The molecule has 21 heavy (non-hydrogen) atoms. The van der Waals surface area contributed by atoms with E-state index < -0.39 is 5.82 Å². The quantitative estimate of drug-likeness (QED) is 0.817. The summed E-state index contributed by atoms with van der Waals surface area (Å²) < 4.78 is 18.9. The van der Waals surface area contributed by atoms with Gasteiger partial charge >= 0.3 is 0 Å². The van der Waals surface area contributed by atoms with Crippen LogP contribution in [-0.4, -0.2) is 13.2 Å². The molecule has 0 bridgehead atoms. The Morgan fingerprint density at radius 3 is 2.57 bits per heavy atom. The first-order chi connectivity index (χ1) is 10.1. The van der Waals surface area contributed by atoms with Crippen LogP contribution < -0.4 is 10.1 Å². The van der Waals surface area contributed by atoms with Crippen molar-refractivity contribution < 1.29 is 9.13 Å². The van der Waals surface area contributed by atoms with Gasteiger partial charge in [-0.2, -0.15) is 0 Å². The number of hydrogen-bond acceptors (Lipinski definition) is 2. The van der Waals surface area contributed by atoms with E-state index in [0.717, 1.165) is 18.6 Å². The summed E-state index contributed by atoms with van der Waals surface area (Å²) in [4.78, 5) is 0. The van der Waals surface area contributed by atoms with Crippen LogP contribution in [0, 0.1) is 5.82 Å². The molecule has 0 saturated carbocycles. The molecule has 2 rings (SSSR count). The van der Waals surface area contributed by atoms with Gasteiger partial charge in [-0.15, -0.1) is 0 Å². The molecule has 1 atom stereocenters. The van der Waals surface area contributed by atoms with Crippen molar-refractivity contribution in [2.45, 2.75) is 25.8 Å². The number of aryl methyl sites for hydroxylation is 1. The van der Waals surface area contributed by atoms with Crippen molar-refractivity contribution in [3.63, 3.8) is 0 Å². The molecule has 1 N–H and O–H groups in total. The molecule has 2 nitrogen and oxygen atoms in total. The normalized spacial score (nSPS) is 12.0. The maximum absolute atomic E-state index is 13.8. The van der Waals surface area contributed by atoms with E-state index in [1.54, 1.807) is 25.3 Å². The van der Waals surface area contributed by atoms with Gasteiger partial charge in [-0.25, -0.2) is 4.39 Å². The molecule has 0 saturated heterocycles. The number of halogens is 2. The van der Waals surface area contributed by atoms with Gasteiger partial charge < -0.3 is 10.1 Å². The van der Waals surface area contributed by atoms with Gasteiger partial charge in [0, 0.05) is 6.04 Å². The summed E-state index contributed by atoms with van der Waals surface area (Å²) in [6, 6.07) is 13.1. The zero-order chi connectivity index (χ0) is 15.2. The summed E-state index contributed by atoms with van der Waals surface area (Å²) >= 11 is 5.77. The first-order valence-corrected chi connectivity index (χ1v) is 7.31. The SMILES string of the molecule is COc1ccc(CCC(C)Nc2cccc(Cl)c2F)cc1. The number of hydrogen-bond donors (Lipinski definition) is 1. The molecule has 0 radical (unpaired) electrons. The number of methoxy groups -OCH3 is 1. The van der Waals surface area contributed by atoms with Gasteiger partial charge in [-0.05, 0) is 49.6 Å². The number of anilines is 1. The van der Waals surface area contributed by atoms with Crippen LogP contribution in [0.5, 0.6) is 5.75 Å². The van der Waals surface area contributed by atoms with Gasteiger partial charge in [0.15, 0.2) is 5.82 Å². The van der Waals surface area contributed by atoms with E-state index in [4.69, 9.17) is 16.3 Å². The van der Waals surface area contributed by atoms with Crippen LogP contribution >= 0.6 is 11.6 Å². The minimum absolute atomic E-state index is 0.141. The van der Waals surface area contributed by atoms with Crippen LogP contribution in [0.2, 0.25) is 5.02 Å². The highest BCUT2D eigenvalue weighted by Crippen LogP contribution is 2.23. The monoisotopic (exact) mass is 307 g/mol. The number of ether oxygens (including phenoxy) is 1. The third kappa shape index (κ3) is 4.36. The second-order valence-electron chi connectivity index (χ2n) is 5.03. The van der Waals surface area contributed by atoms with Crippen LogP contribution in [0.15, 0.2) is 42.5 Å². The fraction of sp³-hybridized carbons (Fsp3) is 0.294. The van der Waals surface area contributed by atoms with Crippen LogP contribution in [0.1, 0.15) is 18.9 Å².